The van der Waals surface area contributed by atoms with E-state index in [0.29, 0.717) is 5.75 Å². The van der Waals surface area contributed by atoms with Crippen LogP contribution in [0.25, 0.3) is 0 Å². The van der Waals surface area contributed by atoms with Crippen molar-refractivity contribution >= 4 is 5.97 Å². The molecule has 2 nitrogen and oxygen atoms in total. The molecule has 130 valence electrons. The molecule has 1 aromatic carbocycles. The summed E-state index contributed by atoms with van der Waals surface area (Å²) in [4.78, 5) is 11.1. The molecule has 0 saturated carbocycles. The minimum Gasteiger partial charge on any atom is -0.423 e. The Kier molecular flexibility index (Phi) is 36.0. The van der Waals surface area contributed by atoms with E-state index in [2.05, 4.69) is 13.8 Å². The Morgan fingerprint density at radius 1 is 1.00 bits per heavy atom. The van der Waals surface area contributed by atoms with Gasteiger partial charge >= 0.3 is 5.97 Å². The van der Waals surface area contributed by atoms with Crippen molar-refractivity contribution in [1.82, 2.24) is 0 Å². The van der Waals surface area contributed by atoms with Crippen LogP contribution < -0.4 is 4.74 Å². The van der Waals surface area contributed by atoms with Crippen molar-refractivity contribution in [3.05, 3.63) is 42.0 Å². The van der Waals surface area contributed by atoms with Gasteiger partial charge in [-0.3, -0.25) is 0 Å². The summed E-state index contributed by atoms with van der Waals surface area (Å²) in [7, 11) is 0. The van der Waals surface area contributed by atoms with Gasteiger partial charge in [0.2, 0.25) is 0 Å². The minimum atomic E-state index is -0.336. The topological polar surface area (TPSA) is 26.3 Å². The average Bonchev–Trinajstić information content (AvgIpc) is 2.56. The van der Waals surface area contributed by atoms with Gasteiger partial charge in [0.05, 0.1) is 0 Å². The van der Waals surface area contributed by atoms with E-state index in [4.69, 9.17) is 4.74 Å². The first-order valence-electron chi connectivity index (χ1n) is 8.55. The van der Waals surface area contributed by atoms with Gasteiger partial charge in [-0.25, -0.2) is 4.79 Å². The predicted octanol–water partition coefficient (Wildman–Crippen LogP) is 6.97. The summed E-state index contributed by atoms with van der Waals surface area (Å²) in [5.41, 5.74) is 0.959. The lowest BCUT2D eigenvalue weighted by Crippen LogP contribution is -2.04. The molecule has 0 heterocycles. The number of esters is 1. The first-order chi connectivity index (χ1) is 10.7. The lowest BCUT2D eigenvalue weighted by molar-refractivity contribution is -0.129. The second-order valence-electron chi connectivity index (χ2n) is 3.39. The van der Waals surface area contributed by atoms with Crippen molar-refractivity contribution in [1.29, 1.82) is 0 Å². The summed E-state index contributed by atoms with van der Waals surface area (Å²) >= 11 is 0. The molecule has 0 spiro atoms. The molecule has 1 aromatic rings. The minimum absolute atomic E-state index is 0.336. The molecule has 0 amide bonds. The molecular formula is C20H38O2. The highest BCUT2D eigenvalue weighted by molar-refractivity contribution is 5.84. The molecule has 0 N–H and O–H groups in total. The normalized spacial score (nSPS) is 7.73. The van der Waals surface area contributed by atoms with Gasteiger partial charge in [0, 0.05) is 6.08 Å². The van der Waals surface area contributed by atoms with Crippen molar-refractivity contribution in [2.75, 3.05) is 0 Å². The smallest absolute Gasteiger partial charge is 0.335 e. The summed E-state index contributed by atoms with van der Waals surface area (Å²) in [6.45, 7) is 19.9. The molecule has 0 atom stereocenters. The first-order valence-corrected chi connectivity index (χ1v) is 8.55. The standard InChI is InChI=1S/C11H12O2.C3H8.3C2H6/c1-3-6-11(12)13-10-8-5-4-7-9(10)2;1-3-2;3*1-2/h3-8H,1-2H3;3H2,1-2H3;3*1-2H3/b6-3-;;;;. The summed E-state index contributed by atoms with van der Waals surface area (Å²) in [6, 6.07) is 7.42. The Morgan fingerprint density at radius 2 is 1.41 bits per heavy atom. The van der Waals surface area contributed by atoms with Crippen LogP contribution in [0.15, 0.2) is 36.4 Å². The number of ether oxygens (including phenoxy) is 1. The molecular weight excluding hydrogens is 272 g/mol. The second-order valence-corrected chi connectivity index (χ2v) is 3.39. The Bertz CT molecular complexity index is 341. The largest absolute Gasteiger partial charge is 0.423 e. The molecule has 2 heteroatoms. The van der Waals surface area contributed by atoms with Crippen LogP contribution in [-0.4, -0.2) is 5.97 Å². The molecule has 0 unspecified atom stereocenters. The van der Waals surface area contributed by atoms with E-state index in [0.717, 1.165) is 5.56 Å². The fraction of sp³-hybridized carbons (Fsp3) is 0.550. The predicted molar refractivity (Wildman–Crippen MR) is 102 cm³/mol. The van der Waals surface area contributed by atoms with Crippen LogP contribution in [-0.2, 0) is 4.79 Å². The third-order valence-electron chi connectivity index (χ3n) is 1.61. The molecule has 0 fully saturated rings. The SMILES string of the molecule is C/C=C\C(=O)Oc1ccccc1C.CC.CC.CC.CCC. The lowest BCUT2D eigenvalue weighted by Gasteiger charge is -2.03. The lowest BCUT2D eigenvalue weighted by atomic mass is 10.2. The number of benzene rings is 1. The second kappa shape index (κ2) is 27.7. The van der Waals surface area contributed by atoms with Crippen LogP contribution in [0.5, 0.6) is 5.75 Å². The Morgan fingerprint density at radius 3 is 1.77 bits per heavy atom. The average molecular weight is 311 g/mol. The van der Waals surface area contributed by atoms with Crippen LogP contribution in [0.3, 0.4) is 0 Å². The van der Waals surface area contributed by atoms with E-state index < -0.39 is 0 Å². The zero-order valence-electron chi connectivity index (χ0n) is 16.5. The fourth-order valence-electron chi connectivity index (χ4n) is 0.949. The number of carbonyl (C=O) groups excluding carboxylic acids is 1. The molecule has 0 radical (unpaired) electrons. The number of para-hydroxylation sites is 1. The van der Waals surface area contributed by atoms with E-state index in [1.54, 1.807) is 19.1 Å². The van der Waals surface area contributed by atoms with Gasteiger partial charge in [-0.05, 0) is 25.5 Å². The van der Waals surface area contributed by atoms with E-state index in [9.17, 15) is 4.79 Å². The number of allylic oxidation sites excluding steroid dienone is 1. The van der Waals surface area contributed by atoms with Crippen LogP contribution in [0.2, 0.25) is 0 Å². The molecule has 0 aliphatic carbocycles. The van der Waals surface area contributed by atoms with E-state index in [1.807, 2.05) is 66.7 Å². The number of carbonyl (C=O) groups is 1. The maximum atomic E-state index is 11.1. The molecule has 0 bridgehead atoms. The third-order valence-corrected chi connectivity index (χ3v) is 1.61. The zero-order chi connectivity index (χ0) is 18.4. The summed E-state index contributed by atoms with van der Waals surface area (Å²) in [6.07, 6.45) is 4.30. The van der Waals surface area contributed by atoms with Gasteiger partial charge in [0.15, 0.2) is 0 Å². The summed E-state index contributed by atoms with van der Waals surface area (Å²) < 4.78 is 5.06. The van der Waals surface area contributed by atoms with Crippen molar-refractivity contribution < 1.29 is 9.53 Å². The van der Waals surface area contributed by atoms with E-state index in [1.165, 1.54) is 12.5 Å². The third kappa shape index (κ3) is 20.7. The number of rotatable bonds is 2. The fourth-order valence-corrected chi connectivity index (χ4v) is 0.949. The van der Waals surface area contributed by atoms with E-state index >= 15 is 0 Å². The van der Waals surface area contributed by atoms with Gasteiger partial charge in [-0.2, -0.15) is 0 Å². The monoisotopic (exact) mass is 310 g/mol. The van der Waals surface area contributed by atoms with Crippen LogP contribution >= 0.6 is 0 Å². The van der Waals surface area contributed by atoms with Crippen LogP contribution in [0, 0.1) is 6.92 Å². The van der Waals surface area contributed by atoms with Crippen molar-refractivity contribution in [2.45, 2.75) is 75.7 Å². The van der Waals surface area contributed by atoms with Crippen LogP contribution in [0.1, 0.15) is 74.3 Å². The van der Waals surface area contributed by atoms with E-state index in [-0.39, 0.29) is 5.97 Å². The molecule has 0 aliphatic rings. The highest BCUT2D eigenvalue weighted by atomic mass is 16.5. The number of aryl methyl sites for hydroxylation is 1. The maximum Gasteiger partial charge on any atom is 0.335 e. The van der Waals surface area contributed by atoms with Crippen LogP contribution in [0.4, 0.5) is 0 Å². The zero-order valence-corrected chi connectivity index (χ0v) is 16.5. The molecule has 0 saturated heterocycles. The van der Waals surface area contributed by atoms with Gasteiger partial charge in [-0.15, -0.1) is 0 Å². The summed E-state index contributed by atoms with van der Waals surface area (Å²) in [5.74, 6) is 0.280. The molecule has 1 rings (SSSR count). The maximum absolute atomic E-state index is 11.1. The quantitative estimate of drug-likeness (QED) is 0.335. The number of hydrogen-bond donors (Lipinski definition) is 0. The molecule has 0 aliphatic heterocycles. The van der Waals surface area contributed by atoms with Gasteiger partial charge < -0.3 is 4.74 Å². The molecule has 0 aromatic heterocycles. The first kappa shape index (κ1) is 28.6. The highest BCUT2D eigenvalue weighted by Gasteiger charge is 2.01. The Balaban J connectivity index is -0.000000153. The highest BCUT2D eigenvalue weighted by Crippen LogP contribution is 2.16. The Hall–Kier alpha value is -1.57. The number of hydrogen-bond acceptors (Lipinski definition) is 2. The Labute approximate surface area is 139 Å². The van der Waals surface area contributed by atoms with Gasteiger partial charge in [0.25, 0.3) is 0 Å². The van der Waals surface area contributed by atoms with Crippen molar-refractivity contribution in [2.24, 2.45) is 0 Å². The van der Waals surface area contributed by atoms with Crippen molar-refractivity contribution in [3.8, 4) is 5.75 Å². The summed E-state index contributed by atoms with van der Waals surface area (Å²) in [5, 5.41) is 0. The molecule has 22 heavy (non-hydrogen) atoms. The van der Waals surface area contributed by atoms with Crippen molar-refractivity contribution in [3.63, 3.8) is 0 Å². The van der Waals surface area contributed by atoms with Gasteiger partial charge in [-0.1, -0.05) is 86.1 Å². The van der Waals surface area contributed by atoms with Gasteiger partial charge in [0.1, 0.15) is 5.75 Å².